The summed E-state index contributed by atoms with van der Waals surface area (Å²) in [5.41, 5.74) is 2.32. The molecule has 2 heterocycles. The third-order valence-corrected chi connectivity index (χ3v) is 6.36. The van der Waals surface area contributed by atoms with Crippen LogP contribution in [0.15, 0.2) is 53.6 Å². The Labute approximate surface area is 198 Å². The third-order valence-electron chi connectivity index (χ3n) is 4.69. The van der Waals surface area contributed by atoms with Gasteiger partial charge >= 0.3 is 5.97 Å². The minimum Gasteiger partial charge on any atom is -0.449 e. The molecule has 3 aromatic rings. The van der Waals surface area contributed by atoms with Gasteiger partial charge in [0.15, 0.2) is 11.9 Å². The molecule has 0 aliphatic rings. The number of benzene rings is 1. The Bertz CT molecular complexity index is 1280. The van der Waals surface area contributed by atoms with E-state index in [0.29, 0.717) is 11.5 Å². The van der Waals surface area contributed by atoms with Crippen molar-refractivity contribution < 1.29 is 22.7 Å². The summed E-state index contributed by atoms with van der Waals surface area (Å²) in [6, 6.07) is 10.6. The molecule has 2 N–H and O–H groups in total. The van der Waals surface area contributed by atoms with E-state index in [0.717, 1.165) is 11.4 Å². The van der Waals surface area contributed by atoms with Crippen molar-refractivity contribution in [3.8, 4) is 5.82 Å². The van der Waals surface area contributed by atoms with Crippen molar-refractivity contribution >= 4 is 27.6 Å². The summed E-state index contributed by atoms with van der Waals surface area (Å²) in [4.78, 5) is 29.2. The van der Waals surface area contributed by atoms with Gasteiger partial charge in [-0.25, -0.2) is 27.6 Å². The van der Waals surface area contributed by atoms with Crippen molar-refractivity contribution in [2.24, 2.45) is 0 Å². The monoisotopic (exact) mass is 485 g/mol. The highest BCUT2D eigenvalue weighted by Gasteiger charge is 2.20. The SMILES string of the molecule is Cc1cc(C)n(-c2ccc(C(=O)OC(C)C(=O)Nc3ccc(S(=O)(=O)NC(C)C)cc3)cn2)n1. The van der Waals surface area contributed by atoms with Gasteiger partial charge in [-0.3, -0.25) is 4.79 Å². The number of hydrogen-bond donors (Lipinski definition) is 2. The van der Waals surface area contributed by atoms with E-state index in [1.54, 1.807) is 30.7 Å². The Hall–Kier alpha value is -3.57. The van der Waals surface area contributed by atoms with Crippen LogP contribution in [-0.2, 0) is 19.6 Å². The Kier molecular flexibility index (Phi) is 7.48. The highest BCUT2D eigenvalue weighted by Crippen LogP contribution is 2.16. The van der Waals surface area contributed by atoms with Gasteiger partial charge in [-0.05, 0) is 77.1 Å². The largest absolute Gasteiger partial charge is 0.449 e. The maximum atomic E-state index is 12.4. The van der Waals surface area contributed by atoms with Gasteiger partial charge < -0.3 is 10.1 Å². The maximum absolute atomic E-state index is 12.4. The number of rotatable bonds is 8. The predicted molar refractivity (Wildman–Crippen MR) is 126 cm³/mol. The number of pyridine rings is 1. The van der Waals surface area contributed by atoms with Crippen LogP contribution < -0.4 is 10.0 Å². The van der Waals surface area contributed by atoms with Crippen LogP contribution >= 0.6 is 0 Å². The Balaban J connectivity index is 1.60. The number of esters is 1. The summed E-state index contributed by atoms with van der Waals surface area (Å²) in [6.45, 7) is 8.67. The Morgan fingerprint density at radius 3 is 2.24 bits per heavy atom. The zero-order chi connectivity index (χ0) is 25.0. The van der Waals surface area contributed by atoms with Crippen LogP contribution in [0.1, 0.15) is 42.5 Å². The van der Waals surface area contributed by atoms with E-state index < -0.39 is 28.0 Å². The van der Waals surface area contributed by atoms with Crippen LogP contribution in [0.2, 0.25) is 0 Å². The molecule has 0 aliphatic carbocycles. The molecule has 11 heteroatoms. The van der Waals surface area contributed by atoms with Gasteiger partial charge in [-0.2, -0.15) is 5.10 Å². The predicted octanol–water partition coefficient (Wildman–Crippen LogP) is 2.75. The van der Waals surface area contributed by atoms with Crippen molar-refractivity contribution in [1.29, 1.82) is 0 Å². The van der Waals surface area contributed by atoms with E-state index in [1.165, 1.54) is 37.4 Å². The molecule has 10 nitrogen and oxygen atoms in total. The molecule has 2 aromatic heterocycles. The number of aryl methyl sites for hydroxylation is 2. The molecule has 1 amide bonds. The highest BCUT2D eigenvalue weighted by atomic mass is 32.2. The standard InChI is InChI=1S/C23H27N5O5S/c1-14(2)27-34(31,32)20-9-7-19(8-10-20)25-22(29)17(5)33-23(30)18-6-11-21(24-13-18)28-16(4)12-15(3)26-28/h6-14,17,27H,1-5H3,(H,25,29). The van der Waals surface area contributed by atoms with E-state index in [9.17, 15) is 18.0 Å². The summed E-state index contributed by atoms with van der Waals surface area (Å²) in [5, 5.41) is 6.94. The van der Waals surface area contributed by atoms with Crippen LogP contribution in [0, 0.1) is 13.8 Å². The fourth-order valence-corrected chi connectivity index (χ4v) is 4.37. The van der Waals surface area contributed by atoms with Gasteiger partial charge in [0.05, 0.1) is 16.2 Å². The van der Waals surface area contributed by atoms with E-state index in [-0.39, 0.29) is 16.5 Å². The summed E-state index contributed by atoms with van der Waals surface area (Å²) < 4.78 is 33.8. The molecule has 1 aromatic carbocycles. The second kappa shape index (κ2) is 10.1. The Morgan fingerprint density at radius 2 is 1.71 bits per heavy atom. The zero-order valence-corrected chi connectivity index (χ0v) is 20.4. The van der Waals surface area contributed by atoms with Crippen molar-refractivity contribution in [2.75, 3.05) is 5.32 Å². The van der Waals surface area contributed by atoms with Crippen molar-refractivity contribution in [3.63, 3.8) is 0 Å². The first-order valence-electron chi connectivity index (χ1n) is 10.6. The quantitative estimate of drug-likeness (QED) is 0.469. The van der Waals surface area contributed by atoms with Gasteiger partial charge in [-0.1, -0.05) is 0 Å². The first-order chi connectivity index (χ1) is 16.0. The summed E-state index contributed by atoms with van der Waals surface area (Å²) in [5.74, 6) is -0.699. The number of amides is 1. The topological polar surface area (TPSA) is 132 Å². The summed E-state index contributed by atoms with van der Waals surface area (Å²) in [6.07, 6.45) is 0.275. The molecule has 1 atom stereocenters. The molecule has 0 radical (unpaired) electrons. The molecule has 0 saturated carbocycles. The van der Waals surface area contributed by atoms with Crippen LogP contribution in [-0.4, -0.2) is 47.2 Å². The lowest BCUT2D eigenvalue weighted by Crippen LogP contribution is -2.30. The van der Waals surface area contributed by atoms with E-state index >= 15 is 0 Å². The number of anilines is 1. The average molecular weight is 486 g/mol. The molecule has 180 valence electrons. The molecule has 34 heavy (non-hydrogen) atoms. The molecule has 0 fully saturated rings. The lowest BCUT2D eigenvalue weighted by atomic mass is 10.2. The summed E-state index contributed by atoms with van der Waals surface area (Å²) in [7, 11) is -3.63. The molecule has 0 saturated heterocycles. The number of hydrogen-bond acceptors (Lipinski definition) is 7. The summed E-state index contributed by atoms with van der Waals surface area (Å²) >= 11 is 0. The van der Waals surface area contributed by atoms with Crippen LogP contribution in [0.3, 0.4) is 0 Å². The van der Waals surface area contributed by atoms with Crippen molar-refractivity contribution in [3.05, 3.63) is 65.6 Å². The second-order valence-electron chi connectivity index (χ2n) is 8.08. The lowest BCUT2D eigenvalue weighted by molar-refractivity contribution is -0.123. The van der Waals surface area contributed by atoms with Crippen LogP contribution in [0.4, 0.5) is 5.69 Å². The number of carbonyl (C=O) groups is 2. The van der Waals surface area contributed by atoms with Crippen LogP contribution in [0.25, 0.3) is 5.82 Å². The fraction of sp³-hybridized carbons (Fsp3) is 0.304. The van der Waals surface area contributed by atoms with Crippen molar-refractivity contribution in [1.82, 2.24) is 19.5 Å². The smallest absolute Gasteiger partial charge is 0.340 e. The minimum absolute atomic E-state index is 0.0788. The van der Waals surface area contributed by atoms with E-state index in [1.807, 2.05) is 19.9 Å². The molecule has 0 spiro atoms. The van der Waals surface area contributed by atoms with E-state index in [2.05, 4.69) is 20.1 Å². The maximum Gasteiger partial charge on any atom is 0.340 e. The number of nitrogens with zero attached hydrogens (tertiary/aromatic N) is 3. The molecular formula is C23H27N5O5S. The molecule has 0 aliphatic heterocycles. The van der Waals surface area contributed by atoms with Gasteiger partial charge in [-0.15, -0.1) is 0 Å². The lowest BCUT2D eigenvalue weighted by Gasteiger charge is -2.14. The van der Waals surface area contributed by atoms with Gasteiger partial charge in [0.1, 0.15) is 0 Å². The fourth-order valence-electron chi connectivity index (χ4n) is 3.11. The number of ether oxygens (including phenoxy) is 1. The normalized spacial score (nSPS) is 12.4. The van der Waals surface area contributed by atoms with Gasteiger partial charge in [0, 0.05) is 23.6 Å². The van der Waals surface area contributed by atoms with Crippen molar-refractivity contribution in [2.45, 2.75) is 51.7 Å². The molecular weight excluding hydrogens is 458 g/mol. The zero-order valence-electron chi connectivity index (χ0n) is 19.6. The number of aromatic nitrogens is 3. The van der Waals surface area contributed by atoms with Crippen LogP contribution in [0.5, 0.6) is 0 Å². The average Bonchev–Trinajstić information content (AvgIpc) is 3.11. The van der Waals surface area contributed by atoms with Gasteiger partial charge in [0.2, 0.25) is 10.0 Å². The van der Waals surface area contributed by atoms with Gasteiger partial charge in [0.25, 0.3) is 5.91 Å². The first kappa shape index (κ1) is 25.1. The molecule has 1 unspecified atom stereocenters. The number of nitrogens with one attached hydrogen (secondary N) is 2. The molecule has 3 rings (SSSR count). The first-order valence-corrected chi connectivity index (χ1v) is 12.1. The second-order valence-corrected chi connectivity index (χ2v) is 9.80. The van der Waals surface area contributed by atoms with E-state index in [4.69, 9.17) is 4.74 Å². The minimum atomic E-state index is -3.63. The third kappa shape index (κ3) is 6.06. The number of carbonyl (C=O) groups excluding carboxylic acids is 2. The molecule has 0 bridgehead atoms. The highest BCUT2D eigenvalue weighted by molar-refractivity contribution is 7.89. The number of sulfonamides is 1. The Morgan fingerprint density at radius 1 is 1.03 bits per heavy atom.